The molecule has 0 aromatic carbocycles. The molecule has 0 spiro atoms. The normalized spacial score (nSPS) is 10.9. The third-order valence-electron chi connectivity index (χ3n) is 2.70. The van der Waals surface area contributed by atoms with E-state index in [1.165, 1.54) is 0 Å². The van der Waals surface area contributed by atoms with E-state index in [0.717, 1.165) is 25.7 Å². The molecule has 0 aliphatic rings. The minimum atomic E-state index is -0.808. The van der Waals surface area contributed by atoms with E-state index in [-0.39, 0.29) is 24.6 Å². The monoisotopic (exact) mass is 264 g/mol. The van der Waals surface area contributed by atoms with Crippen LogP contribution in [0.1, 0.15) is 58.3 Å². The van der Waals surface area contributed by atoms with E-state index >= 15 is 0 Å². The average molecular weight is 264 g/mol. The molecule has 18 heavy (non-hydrogen) atoms. The van der Waals surface area contributed by atoms with E-state index in [4.69, 9.17) is 10.2 Å². The van der Waals surface area contributed by atoms with Gasteiger partial charge in [-0.1, -0.05) is 32.6 Å². The van der Waals surface area contributed by atoms with Crippen molar-refractivity contribution in [1.29, 1.82) is 0 Å². The molecule has 0 aliphatic heterocycles. The molecule has 8 N–H and O–H groups in total. The van der Waals surface area contributed by atoms with Crippen molar-refractivity contribution >= 4 is 11.9 Å². The zero-order valence-electron chi connectivity index (χ0n) is 11.4. The summed E-state index contributed by atoms with van der Waals surface area (Å²) in [7, 11) is 0. The maximum atomic E-state index is 10.9. The number of rotatable bonds is 10. The fraction of sp³-hybridized carbons (Fsp3) is 0.833. The molecule has 110 valence electrons. The van der Waals surface area contributed by atoms with Gasteiger partial charge in [-0.2, -0.15) is 0 Å². The van der Waals surface area contributed by atoms with Crippen molar-refractivity contribution < 1.29 is 19.8 Å². The average Bonchev–Trinajstić information content (AvgIpc) is 2.21. The van der Waals surface area contributed by atoms with Crippen molar-refractivity contribution in [3.05, 3.63) is 0 Å². The standard InChI is InChI=1S/C12H22O4.2H3N/c1-2-3-4-7-10(12(15)16)8-5-6-9-11(13)14;;/h10H,2-9H2,1H3,(H,13,14)(H,15,16);2*1H3. The molecule has 6 nitrogen and oxygen atoms in total. The Bertz CT molecular complexity index is 222. The van der Waals surface area contributed by atoms with Crippen LogP contribution in [0.15, 0.2) is 0 Å². The van der Waals surface area contributed by atoms with E-state index in [0.29, 0.717) is 19.3 Å². The third-order valence-corrected chi connectivity index (χ3v) is 2.70. The maximum Gasteiger partial charge on any atom is 0.306 e. The Morgan fingerprint density at radius 3 is 1.83 bits per heavy atom. The summed E-state index contributed by atoms with van der Waals surface area (Å²) in [6.45, 7) is 2.09. The molecule has 0 amide bonds. The van der Waals surface area contributed by atoms with E-state index < -0.39 is 11.9 Å². The summed E-state index contributed by atoms with van der Waals surface area (Å²) in [5.74, 6) is -1.84. The maximum absolute atomic E-state index is 10.9. The number of aliphatic carboxylic acids is 2. The smallest absolute Gasteiger partial charge is 0.306 e. The number of carboxylic acid groups (broad SMARTS) is 2. The van der Waals surface area contributed by atoms with Crippen molar-refractivity contribution in [2.24, 2.45) is 5.92 Å². The SMILES string of the molecule is CCCCCC(CCCCC(=O)O)C(=O)O.N.N. The summed E-state index contributed by atoms with van der Waals surface area (Å²) < 4.78 is 0. The zero-order chi connectivity index (χ0) is 12.4. The molecule has 0 rings (SSSR count). The summed E-state index contributed by atoms with van der Waals surface area (Å²) in [6.07, 6.45) is 5.84. The van der Waals surface area contributed by atoms with Gasteiger partial charge in [-0.3, -0.25) is 9.59 Å². The third kappa shape index (κ3) is 12.9. The Morgan fingerprint density at radius 1 is 0.944 bits per heavy atom. The highest BCUT2D eigenvalue weighted by atomic mass is 16.4. The molecule has 0 fully saturated rings. The van der Waals surface area contributed by atoms with Crippen LogP contribution in [0.4, 0.5) is 0 Å². The molecular formula is C12H28N2O4. The summed E-state index contributed by atoms with van der Waals surface area (Å²) >= 11 is 0. The Hall–Kier alpha value is -1.14. The number of unbranched alkanes of at least 4 members (excludes halogenated alkanes) is 3. The van der Waals surface area contributed by atoms with Crippen molar-refractivity contribution in [2.75, 3.05) is 0 Å². The second kappa shape index (κ2) is 13.9. The Morgan fingerprint density at radius 2 is 1.44 bits per heavy atom. The summed E-state index contributed by atoms with van der Waals surface area (Å²) in [5.41, 5.74) is 0. The van der Waals surface area contributed by atoms with Gasteiger partial charge in [0, 0.05) is 6.42 Å². The largest absolute Gasteiger partial charge is 0.481 e. The fourth-order valence-electron chi connectivity index (χ4n) is 1.70. The number of hydrogen-bond donors (Lipinski definition) is 4. The minimum absolute atomic E-state index is 0. The van der Waals surface area contributed by atoms with Crippen LogP contribution in [-0.4, -0.2) is 22.2 Å². The van der Waals surface area contributed by atoms with Gasteiger partial charge >= 0.3 is 11.9 Å². The van der Waals surface area contributed by atoms with Crippen LogP contribution in [0.3, 0.4) is 0 Å². The van der Waals surface area contributed by atoms with Crippen molar-refractivity contribution in [1.82, 2.24) is 12.3 Å². The molecule has 0 aromatic rings. The first-order chi connectivity index (χ1) is 7.57. The molecule has 0 aliphatic carbocycles. The Kier molecular flexibility index (Phi) is 17.1. The van der Waals surface area contributed by atoms with Gasteiger partial charge in [0.15, 0.2) is 0 Å². The molecule has 0 bridgehead atoms. The van der Waals surface area contributed by atoms with Crippen LogP contribution < -0.4 is 12.3 Å². The molecule has 1 atom stereocenters. The number of carbonyl (C=O) groups is 2. The molecule has 0 saturated carbocycles. The number of hydrogen-bond acceptors (Lipinski definition) is 4. The highest BCUT2D eigenvalue weighted by Gasteiger charge is 2.16. The molecule has 0 radical (unpaired) electrons. The van der Waals surface area contributed by atoms with Gasteiger partial charge in [-0.25, -0.2) is 0 Å². The van der Waals surface area contributed by atoms with Crippen molar-refractivity contribution in [2.45, 2.75) is 58.3 Å². The lowest BCUT2D eigenvalue weighted by Gasteiger charge is -2.11. The predicted molar refractivity (Wildman–Crippen MR) is 71.4 cm³/mol. The highest BCUT2D eigenvalue weighted by molar-refractivity contribution is 5.69. The van der Waals surface area contributed by atoms with Crippen LogP contribution in [0.2, 0.25) is 0 Å². The van der Waals surface area contributed by atoms with Gasteiger partial charge in [0.1, 0.15) is 0 Å². The first kappa shape index (κ1) is 22.1. The van der Waals surface area contributed by atoms with Gasteiger partial charge in [0.25, 0.3) is 0 Å². The van der Waals surface area contributed by atoms with E-state index in [1.807, 2.05) is 0 Å². The Balaban J connectivity index is -0.00000112. The molecule has 6 heteroatoms. The first-order valence-electron chi connectivity index (χ1n) is 6.02. The fourth-order valence-corrected chi connectivity index (χ4v) is 1.70. The van der Waals surface area contributed by atoms with E-state index in [1.54, 1.807) is 0 Å². The van der Waals surface area contributed by atoms with Gasteiger partial charge < -0.3 is 22.5 Å². The quantitative estimate of drug-likeness (QED) is 0.446. The van der Waals surface area contributed by atoms with E-state index in [9.17, 15) is 9.59 Å². The zero-order valence-corrected chi connectivity index (χ0v) is 11.4. The lowest BCUT2D eigenvalue weighted by molar-refractivity contribution is -0.142. The van der Waals surface area contributed by atoms with Gasteiger partial charge in [0.2, 0.25) is 0 Å². The van der Waals surface area contributed by atoms with Crippen molar-refractivity contribution in [3.8, 4) is 0 Å². The highest BCUT2D eigenvalue weighted by Crippen LogP contribution is 2.17. The topological polar surface area (TPSA) is 145 Å². The molecule has 0 aromatic heterocycles. The molecule has 1 unspecified atom stereocenters. The number of carboxylic acids is 2. The van der Waals surface area contributed by atoms with Gasteiger partial charge in [0.05, 0.1) is 5.92 Å². The molecule has 0 saturated heterocycles. The summed E-state index contributed by atoms with van der Waals surface area (Å²) in [6, 6.07) is 0. The van der Waals surface area contributed by atoms with Gasteiger partial charge in [-0.15, -0.1) is 0 Å². The van der Waals surface area contributed by atoms with Crippen LogP contribution in [0, 0.1) is 5.92 Å². The predicted octanol–water partition coefficient (Wildman–Crippen LogP) is 3.24. The summed E-state index contributed by atoms with van der Waals surface area (Å²) in [4.78, 5) is 21.2. The van der Waals surface area contributed by atoms with Crippen LogP contribution >= 0.6 is 0 Å². The van der Waals surface area contributed by atoms with Gasteiger partial charge in [-0.05, 0) is 19.3 Å². The van der Waals surface area contributed by atoms with E-state index in [2.05, 4.69) is 6.92 Å². The lowest BCUT2D eigenvalue weighted by atomic mass is 9.95. The Labute approximate surface area is 109 Å². The lowest BCUT2D eigenvalue weighted by Crippen LogP contribution is -2.13. The minimum Gasteiger partial charge on any atom is -0.481 e. The molecule has 0 heterocycles. The van der Waals surface area contributed by atoms with Crippen molar-refractivity contribution in [3.63, 3.8) is 0 Å². The first-order valence-corrected chi connectivity index (χ1v) is 6.02. The second-order valence-corrected chi connectivity index (χ2v) is 4.17. The van der Waals surface area contributed by atoms with Crippen LogP contribution in [0.5, 0.6) is 0 Å². The molecular weight excluding hydrogens is 236 g/mol. The second-order valence-electron chi connectivity index (χ2n) is 4.17. The van der Waals surface area contributed by atoms with Crippen LogP contribution in [-0.2, 0) is 9.59 Å². The van der Waals surface area contributed by atoms with Crippen LogP contribution in [0.25, 0.3) is 0 Å². The summed E-state index contributed by atoms with van der Waals surface area (Å²) in [5, 5.41) is 17.4.